The average molecular weight is 169 g/mol. The van der Waals surface area contributed by atoms with Crippen LogP contribution < -0.4 is 5.73 Å². The molecule has 1 unspecified atom stereocenters. The molecule has 1 saturated heterocycles. The van der Waals surface area contributed by atoms with Gasteiger partial charge in [-0.2, -0.15) is 4.98 Å². The fourth-order valence-corrected chi connectivity index (χ4v) is 1.40. The Morgan fingerprint density at radius 3 is 2.92 bits per heavy atom. The Balaban J connectivity index is 2.28. The first-order valence-corrected chi connectivity index (χ1v) is 3.94. The third-order valence-corrected chi connectivity index (χ3v) is 2.11. The van der Waals surface area contributed by atoms with E-state index in [2.05, 4.69) is 10.1 Å². The van der Waals surface area contributed by atoms with Gasteiger partial charge in [-0.05, 0) is 24.9 Å². The van der Waals surface area contributed by atoms with E-state index >= 15 is 0 Å². The number of ether oxygens (including phenoxy) is 1. The molecular weight excluding hydrogens is 158 g/mol. The zero-order valence-electron chi connectivity index (χ0n) is 6.91. The average Bonchev–Trinajstić information content (AvgIpc) is 2.59. The molecule has 2 heterocycles. The maximum atomic E-state index is 5.49. The molecule has 0 amide bonds. The fourth-order valence-electron chi connectivity index (χ4n) is 1.40. The molecule has 66 valence electrons. The Bertz CT molecular complexity index is 278. The van der Waals surface area contributed by atoms with Gasteiger partial charge in [0.1, 0.15) is 5.60 Å². The van der Waals surface area contributed by atoms with E-state index in [1.165, 1.54) is 0 Å². The lowest BCUT2D eigenvalue weighted by atomic mass is 10.0. The van der Waals surface area contributed by atoms with E-state index in [9.17, 15) is 0 Å². The smallest absolute Gasteiger partial charge is 0.260 e. The summed E-state index contributed by atoms with van der Waals surface area (Å²) in [6.45, 7) is 2.69. The molecule has 0 saturated carbocycles. The van der Waals surface area contributed by atoms with Gasteiger partial charge < -0.3 is 15.0 Å². The molecule has 0 spiro atoms. The zero-order valence-corrected chi connectivity index (χ0v) is 6.91. The molecule has 1 aromatic rings. The number of anilines is 1. The first kappa shape index (κ1) is 7.54. The van der Waals surface area contributed by atoms with Crippen LogP contribution in [0.5, 0.6) is 0 Å². The minimum absolute atomic E-state index is 0.168. The van der Waals surface area contributed by atoms with Gasteiger partial charge >= 0.3 is 0 Å². The molecule has 1 aliphatic heterocycles. The number of nitrogen functional groups attached to an aromatic ring is 1. The predicted octanol–water partition coefficient (Wildman–Crippen LogP) is 0.677. The van der Waals surface area contributed by atoms with E-state index in [1.54, 1.807) is 0 Å². The normalized spacial score (nSPS) is 29.4. The molecular formula is C7H11N3O2. The number of nitrogens with zero attached hydrogens (tertiary/aromatic N) is 2. The quantitative estimate of drug-likeness (QED) is 0.669. The largest absolute Gasteiger partial charge is 0.365 e. The van der Waals surface area contributed by atoms with Gasteiger partial charge in [-0.3, -0.25) is 0 Å². The number of hydrogen-bond donors (Lipinski definition) is 1. The molecule has 1 aromatic heterocycles. The molecule has 1 aliphatic rings. The van der Waals surface area contributed by atoms with Gasteiger partial charge in [0.2, 0.25) is 0 Å². The topological polar surface area (TPSA) is 74.2 Å². The highest BCUT2D eigenvalue weighted by Gasteiger charge is 2.37. The highest BCUT2D eigenvalue weighted by molar-refractivity contribution is 5.13. The minimum Gasteiger partial charge on any atom is -0.365 e. The van der Waals surface area contributed by atoms with E-state index in [1.807, 2.05) is 6.92 Å². The third-order valence-electron chi connectivity index (χ3n) is 2.11. The number of nitrogens with two attached hydrogens (primary N) is 1. The second kappa shape index (κ2) is 2.45. The molecule has 5 nitrogen and oxygen atoms in total. The molecule has 2 N–H and O–H groups in total. The molecule has 0 radical (unpaired) electrons. The lowest BCUT2D eigenvalue weighted by Gasteiger charge is -2.16. The van der Waals surface area contributed by atoms with Gasteiger partial charge in [-0.25, -0.2) is 0 Å². The van der Waals surface area contributed by atoms with Crippen molar-refractivity contribution in [2.75, 3.05) is 12.3 Å². The van der Waals surface area contributed by atoms with Gasteiger partial charge in [-0.15, -0.1) is 0 Å². The molecule has 0 aromatic carbocycles. The van der Waals surface area contributed by atoms with Gasteiger partial charge in [0, 0.05) is 6.61 Å². The second-order valence-corrected chi connectivity index (χ2v) is 3.14. The maximum absolute atomic E-state index is 5.49. The van der Waals surface area contributed by atoms with E-state index in [0.29, 0.717) is 5.89 Å². The van der Waals surface area contributed by atoms with Crippen molar-refractivity contribution in [3.05, 3.63) is 5.89 Å². The summed E-state index contributed by atoms with van der Waals surface area (Å²) in [7, 11) is 0. The number of rotatable bonds is 1. The van der Waals surface area contributed by atoms with Crippen LogP contribution in [-0.4, -0.2) is 16.7 Å². The van der Waals surface area contributed by atoms with Crippen LogP contribution in [0.3, 0.4) is 0 Å². The lowest BCUT2D eigenvalue weighted by Crippen LogP contribution is -2.20. The molecule has 0 aliphatic carbocycles. The van der Waals surface area contributed by atoms with E-state index < -0.39 is 5.60 Å². The summed E-state index contributed by atoms with van der Waals surface area (Å²) in [5, 5.41) is 3.52. The van der Waals surface area contributed by atoms with Gasteiger partial charge in [0.15, 0.2) is 0 Å². The molecule has 12 heavy (non-hydrogen) atoms. The van der Waals surface area contributed by atoms with Crippen molar-refractivity contribution in [3.8, 4) is 0 Å². The summed E-state index contributed by atoms with van der Waals surface area (Å²) in [6.07, 6.45) is 1.94. The Morgan fingerprint density at radius 2 is 2.42 bits per heavy atom. The molecule has 5 heteroatoms. The van der Waals surface area contributed by atoms with Crippen molar-refractivity contribution in [1.82, 2.24) is 10.1 Å². The van der Waals surface area contributed by atoms with Crippen LogP contribution in [0.25, 0.3) is 0 Å². The fraction of sp³-hybridized carbons (Fsp3) is 0.714. The van der Waals surface area contributed by atoms with E-state index in [0.717, 1.165) is 19.4 Å². The van der Waals surface area contributed by atoms with Crippen LogP contribution in [0.1, 0.15) is 25.7 Å². The Kier molecular flexibility index (Phi) is 1.54. The van der Waals surface area contributed by atoms with Crippen LogP contribution in [0.2, 0.25) is 0 Å². The monoisotopic (exact) mass is 169 g/mol. The van der Waals surface area contributed by atoms with Crippen molar-refractivity contribution in [2.45, 2.75) is 25.4 Å². The van der Waals surface area contributed by atoms with Crippen molar-refractivity contribution in [1.29, 1.82) is 0 Å². The van der Waals surface area contributed by atoms with Crippen LogP contribution >= 0.6 is 0 Å². The molecule has 1 fully saturated rings. The predicted molar refractivity (Wildman–Crippen MR) is 41.2 cm³/mol. The number of aromatic nitrogens is 2. The first-order chi connectivity index (χ1) is 5.71. The SMILES string of the molecule is CC1(c2nc(N)no2)CCCO1. The van der Waals surface area contributed by atoms with Crippen molar-refractivity contribution in [3.63, 3.8) is 0 Å². The van der Waals surface area contributed by atoms with Gasteiger partial charge in [-0.1, -0.05) is 0 Å². The summed E-state index contributed by atoms with van der Waals surface area (Å²) in [5.74, 6) is 0.652. The highest BCUT2D eigenvalue weighted by atomic mass is 16.5. The van der Waals surface area contributed by atoms with Crippen molar-refractivity contribution >= 4 is 5.95 Å². The summed E-state index contributed by atoms with van der Waals surface area (Å²) in [4.78, 5) is 3.94. The molecule has 2 rings (SSSR count). The molecule has 1 atom stereocenters. The third kappa shape index (κ3) is 1.06. The van der Waals surface area contributed by atoms with Crippen LogP contribution in [0.4, 0.5) is 5.95 Å². The van der Waals surface area contributed by atoms with E-state index in [-0.39, 0.29) is 5.95 Å². The van der Waals surface area contributed by atoms with Crippen molar-refractivity contribution < 1.29 is 9.26 Å². The summed E-state index contributed by atoms with van der Waals surface area (Å²) in [6, 6.07) is 0. The molecule has 0 bridgehead atoms. The van der Waals surface area contributed by atoms with Crippen LogP contribution in [-0.2, 0) is 10.3 Å². The Morgan fingerprint density at radius 1 is 1.58 bits per heavy atom. The van der Waals surface area contributed by atoms with Gasteiger partial charge in [0.25, 0.3) is 11.8 Å². The maximum Gasteiger partial charge on any atom is 0.260 e. The first-order valence-electron chi connectivity index (χ1n) is 3.94. The second-order valence-electron chi connectivity index (χ2n) is 3.14. The minimum atomic E-state index is -0.412. The Labute approximate surface area is 69.9 Å². The number of hydrogen-bond acceptors (Lipinski definition) is 5. The Hall–Kier alpha value is -1.10. The summed E-state index contributed by atoms with van der Waals surface area (Å²) in [5.41, 5.74) is 4.92. The lowest BCUT2D eigenvalue weighted by molar-refractivity contribution is -0.00937. The highest BCUT2D eigenvalue weighted by Crippen LogP contribution is 2.34. The van der Waals surface area contributed by atoms with Gasteiger partial charge in [0.05, 0.1) is 0 Å². The van der Waals surface area contributed by atoms with Crippen LogP contribution in [0.15, 0.2) is 4.52 Å². The standard InChI is InChI=1S/C7H11N3O2/c1-7(3-2-4-11-7)5-9-6(8)10-12-5/h2-4H2,1H3,(H2,8,10). The van der Waals surface area contributed by atoms with Crippen molar-refractivity contribution in [2.24, 2.45) is 0 Å². The van der Waals surface area contributed by atoms with Crippen LogP contribution in [0, 0.1) is 0 Å². The summed E-state index contributed by atoms with van der Waals surface area (Å²) >= 11 is 0. The summed E-state index contributed by atoms with van der Waals surface area (Å²) < 4.78 is 10.4. The van der Waals surface area contributed by atoms with E-state index in [4.69, 9.17) is 15.0 Å². The zero-order chi connectivity index (χ0) is 8.60.